The maximum Gasteiger partial charge on any atom is 0.339 e. The molecule has 0 atom stereocenters. The summed E-state index contributed by atoms with van der Waals surface area (Å²) in [4.78, 5) is 22.0. The molecule has 3 rings (SSSR count). The summed E-state index contributed by atoms with van der Waals surface area (Å²) >= 11 is 9.09. The number of amides is 1. The van der Waals surface area contributed by atoms with E-state index < -0.39 is 31.5 Å². The largest absolute Gasteiger partial charge is 0.493 e. The third kappa shape index (κ3) is 6.10. The van der Waals surface area contributed by atoms with Crippen LogP contribution in [0.25, 0.3) is 0 Å². The van der Waals surface area contributed by atoms with Gasteiger partial charge in [0.15, 0.2) is 11.5 Å². The number of non-ortho nitro benzene ring substituents is 1. The monoisotopic (exact) mass is 567 g/mol. The van der Waals surface area contributed by atoms with E-state index in [2.05, 4.69) is 26.5 Å². The maximum absolute atomic E-state index is 12.7. The number of benzene rings is 3. The number of nitrogens with one attached hydrogen (secondary N) is 1. The normalized spacial score (nSPS) is 11.3. The molecule has 1 N–H and O–H groups in total. The van der Waals surface area contributed by atoms with E-state index in [1.165, 1.54) is 43.7 Å². The van der Waals surface area contributed by atoms with Crippen LogP contribution in [0.3, 0.4) is 0 Å². The Morgan fingerprint density at radius 2 is 1.91 bits per heavy atom. The zero-order valence-corrected chi connectivity index (χ0v) is 20.4. The molecule has 3 aromatic carbocycles. The highest BCUT2D eigenvalue weighted by Crippen LogP contribution is 2.38. The number of carbonyl (C=O) groups excluding carboxylic acids is 1. The molecular weight excluding hydrogens is 554 g/mol. The zero-order chi connectivity index (χ0) is 24.9. The van der Waals surface area contributed by atoms with Crippen molar-refractivity contribution in [3.63, 3.8) is 0 Å². The van der Waals surface area contributed by atoms with Crippen molar-refractivity contribution >= 4 is 55.5 Å². The van der Waals surface area contributed by atoms with Gasteiger partial charge in [-0.3, -0.25) is 14.9 Å². The molecule has 0 unspecified atom stereocenters. The van der Waals surface area contributed by atoms with Gasteiger partial charge < -0.3 is 8.92 Å². The van der Waals surface area contributed by atoms with Gasteiger partial charge in [-0.2, -0.15) is 13.5 Å². The highest BCUT2D eigenvalue weighted by Gasteiger charge is 2.24. The van der Waals surface area contributed by atoms with Crippen molar-refractivity contribution in [3.8, 4) is 11.5 Å². The lowest BCUT2D eigenvalue weighted by Crippen LogP contribution is -2.17. The Morgan fingerprint density at radius 1 is 1.18 bits per heavy atom. The quantitative estimate of drug-likeness (QED) is 0.182. The second-order valence-corrected chi connectivity index (χ2v) is 9.37. The van der Waals surface area contributed by atoms with Crippen LogP contribution in [0.15, 0.2) is 75.1 Å². The van der Waals surface area contributed by atoms with E-state index in [4.69, 9.17) is 20.5 Å². The number of hydrazone groups is 1. The number of hydrogen-bond acceptors (Lipinski definition) is 8. The minimum absolute atomic E-state index is 0.0333. The Hall–Kier alpha value is -3.48. The van der Waals surface area contributed by atoms with Gasteiger partial charge in [-0.05, 0) is 57.9 Å². The fourth-order valence-electron chi connectivity index (χ4n) is 2.67. The van der Waals surface area contributed by atoms with Gasteiger partial charge in [0.05, 0.1) is 22.7 Å². The van der Waals surface area contributed by atoms with E-state index in [9.17, 15) is 23.3 Å². The summed E-state index contributed by atoms with van der Waals surface area (Å²) in [6, 6.07) is 13.7. The predicted molar refractivity (Wildman–Crippen MR) is 128 cm³/mol. The molecule has 0 saturated heterocycles. The molecule has 0 radical (unpaired) electrons. The molecule has 1 amide bonds. The van der Waals surface area contributed by atoms with E-state index in [-0.39, 0.29) is 16.0 Å². The number of ether oxygens (including phenoxy) is 1. The van der Waals surface area contributed by atoms with Gasteiger partial charge in [0.1, 0.15) is 4.90 Å². The minimum Gasteiger partial charge on any atom is -0.493 e. The first-order valence-electron chi connectivity index (χ1n) is 9.26. The van der Waals surface area contributed by atoms with Crippen LogP contribution in [-0.2, 0) is 10.1 Å². The number of nitro groups is 1. The third-order valence-corrected chi connectivity index (χ3v) is 6.27. The Labute approximate surface area is 207 Å². The molecule has 10 nitrogen and oxygen atoms in total. The van der Waals surface area contributed by atoms with Crippen molar-refractivity contribution in [1.82, 2.24) is 5.43 Å². The van der Waals surface area contributed by atoms with Crippen molar-refractivity contribution in [3.05, 3.63) is 91.4 Å². The van der Waals surface area contributed by atoms with Crippen LogP contribution in [0.2, 0.25) is 5.02 Å². The number of carbonyl (C=O) groups is 1. The van der Waals surface area contributed by atoms with Crippen LogP contribution in [0, 0.1) is 10.1 Å². The summed E-state index contributed by atoms with van der Waals surface area (Å²) in [7, 11) is -3.11. The van der Waals surface area contributed by atoms with E-state index >= 15 is 0 Å². The number of methoxy groups -OCH3 is 1. The van der Waals surface area contributed by atoms with Gasteiger partial charge in [-0.1, -0.05) is 23.7 Å². The number of rotatable bonds is 8. The molecule has 13 heteroatoms. The van der Waals surface area contributed by atoms with Crippen molar-refractivity contribution in [2.45, 2.75) is 4.90 Å². The topological polar surface area (TPSA) is 137 Å². The van der Waals surface area contributed by atoms with Gasteiger partial charge in [0, 0.05) is 22.7 Å². The van der Waals surface area contributed by atoms with Gasteiger partial charge in [-0.25, -0.2) is 5.43 Å². The second kappa shape index (κ2) is 10.6. The fraction of sp³-hybridized carbons (Fsp3) is 0.0476. The molecule has 0 fully saturated rings. The summed E-state index contributed by atoms with van der Waals surface area (Å²) < 4.78 is 36.0. The van der Waals surface area contributed by atoms with Crippen molar-refractivity contribution in [2.24, 2.45) is 5.10 Å². The number of halogens is 2. The first-order chi connectivity index (χ1) is 16.1. The summed E-state index contributed by atoms with van der Waals surface area (Å²) in [6.07, 6.45) is 1.31. The van der Waals surface area contributed by atoms with Crippen molar-refractivity contribution in [2.75, 3.05) is 7.11 Å². The fourth-order valence-corrected chi connectivity index (χ4v) is 4.50. The molecule has 0 aliphatic heterocycles. The van der Waals surface area contributed by atoms with E-state index in [0.717, 1.165) is 12.1 Å². The molecule has 3 aromatic rings. The minimum atomic E-state index is -4.42. The van der Waals surface area contributed by atoms with Gasteiger partial charge in [0.2, 0.25) is 0 Å². The average Bonchev–Trinajstić information content (AvgIpc) is 2.80. The first-order valence-corrected chi connectivity index (χ1v) is 11.8. The lowest BCUT2D eigenvalue weighted by atomic mass is 10.2. The lowest BCUT2D eigenvalue weighted by molar-refractivity contribution is -0.385. The standard InChI is InChI=1S/C21H15BrClN3O7S/c1-32-19-9-13(12-24-25-21(27)14-4-2-5-15(23)10-14)8-18(22)20(19)33-34(30,31)17-7-3-6-16(11-17)26(28)29/h2-12H,1H3,(H,25,27)/b24-12-. The average molecular weight is 569 g/mol. The molecule has 0 saturated carbocycles. The lowest BCUT2D eigenvalue weighted by Gasteiger charge is -2.13. The van der Waals surface area contributed by atoms with Crippen LogP contribution in [0.1, 0.15) is 15.9 Å². The zero-order valence-electron chi connectivity index (χ0n) is 17.3. The Morgan fingerprint density at radius 3 is 2.59 bits per heavy atom. The van der Waals surface area contributed by atoms with Crippen LogP contribution >= 0.6 is 27.5 Å². The maximum atomic E-state index is 12.7. The van der Waals surface area contributed by atoms with Crippen LogP contribution in [0.4, 0.5) is 5.69 Å². The molecule has 0 spiro atoms. The molecule has 0 heterocycles. The summed E-state index contributed by atoms with van der Waals surface area (Å²) in [5.41, 5.74) is 2.71. The molecule has 0 aromatic heterocycles. The summed E-state index contributed by atoms with van der Waals surface area (Å²) in [5, 5.41) is 15.2. The molecule has 0 bridgehead atoms. The molecular formula is C21H15BrClN3O7S. The van der Waals surface area contributed by atoms with Crippen LogP contribution in [-0.4, -0.2) is 32.6 Å². The SMILES string of the molecule is COc1cc(/C=N\NC(=O)c2cccc(Cl)c2)cc(Br)c1OS(=O)(=O)c1cccc([N+](=O)[O-])c1. The molecule has 176 valence electrons. The highest BCUT2D eigenvalue weighted by molar-refractivity contribution is 9.10. The van der Waals surface area contributed by atoms with E-state index in [1.54, 1.807) is 18.2 Å². The number of nitrogens with zero attached hydrogens (tertiary/aromatic N) is 2. The summed E-state index contributed by atoms with van der Waals surface area (Å²) in [6.45, 7) is 0. The second-order valence-electron chi connectivity index (χ2n) is 6.54. The molecule has 34 heavy (non-hydrogen) atoms. The van der Waals surface area contributed by atoms with Gasteiger partial charge in [-0.15, -0.1) is 0 Å². The van der Waals surface area contributed by atoms with Crippen molar-refractivity contribution in [1.29, 1.82) is 0 Å². The van der Waals surface area contributed by atoms with Gasteiger partial charge in [0.25, 0.3) is 11.6 Å². The third-order valence-electron chi connectivity index (χ3n) is 4.23. The predicted octanol–water partition coefficient (Wildman–Crippen LogP) is 4.55. The Kier molecular flexibility index (Phi) is 7.87. The van der Waals surface area contributed by atoms with Crippen LogP contribution < -0.4 is 14.3 Å². The molecule has 0 aliphatic carbocycles. The van der Waals surface area contributed by atoms with Crippen LogP contribution in [0.5, 0.6) is 11.5 Å². The molecule has 0 aliphatic rings. The van der Waals surface area contributed by atoms with Crippen molar-refractivity contribution < 1.29 is 27.1 Å². The van der Waals surface area contributed by atoms with Gasteiger partial charge >= 0.3 is 10.1 Å². The highest BCUT2D eigenvalue weighted by atomic mass is 79.9. The Balaban J connectivity index is 1.82. The first kappa shape index (κ1) is 25.1. The smallest absolute Gasteiger partial charge is 0.339 e. The Bertz CT molecular complexity index is 1400. The van der Waals surface area contributed by atoms with E-state index in [0.29, 0.717) is 16.1 Å². The number of hydrogen-bond donors (Lipinski definition) is 1. The summed E-state index contributed by atoms with van der Waals surface area (Å²) in [5.74, 6) is -0.618. The van der Waals surface area contributed by atoms with E-state index in [1.807, 2.05) is 0 Å². The number of nitro benzene ring substituents is 1.